The summed E-state index contributed by atoms with van der Waals surface area (Å²) in [7, 11) is 1.46. The van der Waals surface area contributed by atoms with E-state index in [1.807, 2.05) is 0 Å². The lowest BCUT2D eigenvalue weighted by Crippen LogP contribution is -2.13. The fourth-order valence-electron chi connectivity index (χ4n) is 2.05. The molecule has 26 heavy (non-hydrogen) atoms. The van der Waals surface area contributed by atoms with Crippen LogP contribution in [0.4, 0.5) is 18.9 Å². The summed E-state index contributed by atoms with van der Waals surface area (Å²) in [6.07, 6.45) is -3.76. The highest BCUT2D eigenvalue weighted by atomic mass is 19.4. The van der Waals surface area contributed by atoms with Crippen LogP contribution in [0.2, 0.25) is 0 Å². The Labute approximate surface area is 146 Å². The normalized spacial score (nSPS) is 11.8. The number of carbonyl (C=O) groups is 2. The first-order valence-corrected chi connectivity index (χ1v) is 7.28. The molecule has 2 rings (SSSR count). The molecule has 0 aliphatic heterocycles. The molecule has 136 valence electrons. The predicted molar refractivity (Wildman–Crippen MR) is 88.1 cm³/mol. The number of carboxylic acid groups (broad SMARTS) is 1. The minimum Gasteiger partial charge on any atom is -0.497 e. The third-order valence-corrected chi connectivity index (χ3v) is 3.35. The van der Waals surface area contributed by atoms with E-state index in [9.17, 15) is 27.9 Å². The van der Waals surface area contributed by atoms with Crippen LogP contribution in [-0.2, 0) is 11.0 Å². The van der Waals surface area contributed by atoms with Crippen LogP contribution in [0, 0.1) is 0 Å². The van der Waals surface area contributed by atoms with Crippen molar-refractivity contribution in [2.45, 2.75) is 6.18 Å². The van der Waals surface area contributed by atoms with Gasteiger partial charge in [-0.1, -0.05) is 6.07 Å². The van der Waals surface area contributed by atoms with Gasteiger partial charge in [0.05, 0.1) is 12.7 Å². The number of allylic oxidation sites excluding steroid dienone is 1. The highest BCUT2D eigenvalue weighted by molar-refractivity contribution is 6.09. The summed E-state index contributed by atoms with van der Waals surface area (Å²) in [5, 5.41) is 11.5. The fourth-order valence-corrected chi connectivity index (χ4v) is 2.05. The van der Waals surface area contributed by atoms with Crippen molar-refractivity contribution in [2.24, 2.45) is 0 Å². The molecule has 0 saturated carbocycles. The Hall–Kier alpha value is -3.29. The van der Waals surface area contributed by atoms with Crippen LogP contribution in [0.15, 0.2) is 60.3 Å². The molecular formula is C18H14F3NO4. The van der Waals surface area contributed by atoms with Gasteiger partial charge in [-0.15, -0.1) is 0 Å². The third kappa shape index (κ3) is 4.85. The van der Waals surface area contributed by atoms with Gasteiger partial charge in [-0.05, 0) is 42.5 Å². The van der Waals surface area contributed by atoms with Gasteiger partial charge >= 0.3 is 12.1 Å². The molecule has 0 bridgehead atoms. The quantitative estimate of drug-likeness (QED) is 0.598. The fraction of sp³-hybridized carbons (Fsp3) is 0.111. The van der Waals surface area contributed by atoms with Crippen molar-refractivity contribution in [3.63, 3.8) is 0 Å². The Bertz CT molecular complexity index is 842. The predicted octanol–water partition coefficient (Wildman–Crippen LogP) is 3.98. The van der Waals surface area contributed by atoms with Crippen molar-refractivity contribution in [2.75, 3.05) is 12.4 Å². The van der Waals surface area contributed by atoms with Gasteiger partial charge in [0, 0.05) is 17.3 Å². The lowest BCUT2D eigenvalue weighted by atomic mass is 10.1. The van der Waals surface area contributed by atoms with Gasteiger partial charge in [-0.3, -0.25) is 4.79 Å². The second-order valence-corrected chi connectivity index (χ2v) is 5.16. The monoisotopic (exact) mass is 365 g/mol. The molecule has 0 unspecified atom stereocenters. The number of hydrogen-bond donors (Lipinski definition) is 2. The summed E-state index contributed by atoms with van der Waals surface area (Å²) in [4.78, 5) is 23.5. The van der Waals surface area contributed by atoms with Gasteiger partial charge in [-0.2, -0.15) is 13.2 Å². The number of nitrogens with one attached hydrogen (secondary N) is 1. The lowest BCUT2D eigenvalue weighted by Gasteiger charge is -2.11. The zero-order chi connectivity index (χ0) is 19.3. The smallest absolute Gasteiger partial charge is 0.416 e. The Morgan fingerprint density at radius 1 is 1.12 bits per heavy atom. The minimum absolute atomic E-state index is 0.101. The molecule has 0 aromatic heterocycles. The van der Waals surface area contributed by atoms with Crippen LogP contribution in [0.5, 0.6) is 5.75 Å². The number of rotatable bonds is 6. The van der Waals surface area contributed by atoms with Crippen molar-refractivity contribution in [3.8, 4) is 5.75 Å². The number of carbonyl (C=O) groups excluding carboxylic acids is 1. The van der Waals surface area contributed by atoms with Crippen molar-refractivity contribution in [1.82, 2.24) is 0 Å². The minimum atomic E-state index is -4.57. The van der Waals surface area contributed by atoms with Crippen LogP contribution in [0.1, 0.15) is 15.9 Å². The molecule has 0 radical (unpaired) electrons. The van der Waals surface area contributed by atoms with E-state index in [1.165, 1.54) is 37.4 Å². The van der Waals surface area contributed by atoms with E-state index in [0.29, 0.717) is 5.75 Å². The van der Waals surface area contributed by atoms with Gasteiger partial charge in [0.25, 0.3) is 0 Å². The first-order chi connectivity index (χ1) is 12.2. The maximum Gasteiger partial charge on any atom is 0.416 e. The van der Waals surface area contributed by atoms with E-state index >= 15 is 0 Å². The number of alkyl halides is 3. The number of ether oxygens (including phenoxy) is 1. The highest BCUT2D eigenvalue weighted by Crippen LogP contribution is 2.31. The number of methoxy groups -OCH3 is 1. The number of carboxylic acids is 1. The van der Waals surface area contributed by atoms with Crippen molar-refractivity contribution in [1.29, 1.82) is 0 Å². The van der Waals surface area contributed by atoms with Gasteiger partial charge in [0.2, 0.25) is 0 Å². The molecule has 2 aromatic carbocycles. The lowest BCUT2D eigenvalue weighted by molar-refractivity contribution is -0.137. The topological polar surface area (TPSA) is 75.6 Å². The molecule has 0 spiro atoms. The number of halogens is 3. The van der Waals surface area contributed by atoms with Crippen LogP contribution < -0.4 is 10.1 Å². The average molecular weight is 365 g/mol. The first-order valence-electron chi connectivity index (χ1n) is 7.28. The number of hydrogen-bond acceptors (Lipinski definition) is 4. The van der Waals surface area contributed by atoms with Crippen molar-refractivity contribution < 1.29 is 32.6 Å². The standard InChI is InChI=1S/C18H14F3NO4/c1-26-14-7-5-11(6-8-14)16(23)10-15(17(24)25)22-13-4-2-3-12(9-13)18(19,20)21/h2-10,22H,1H3,(H,24,25). The zero-order valence-electron chi connectivity index (χ0n) is 13.5. The number of aliphatic carboxylic acids is 1. The molecule has 0 fully saturated rings. The summed E-state index contributed by atoms with van der Waals surface area (Å²) in [6, 6.07) is 9.97. The highest BCUT2D eigenvalue weighted by Gasteiger charge is 2.30. The summed E-state index contributed by atoms with van der Waals surface area (Å²) in [5.41, 5.74) is -1.38. The van der Waals surface area contributed by atoms with Gasteiger partial charge in [0.1, 0.15) is 11.4 Å². The summed E-state index contributed by atoms with van der Waals surface area (Å²) < 4.78 is 43.2. The molecule has 2 aromatic rings. The van der Waals surface area contributed by atoms with Crippen LogP contribution in [0.3, 0.4) is 0 Å². The van der Waals surface area contributed by atoms with Crippen molar-refractivity contribution in [3.05, 3.63) is 71.4 Å². The average Bonchev–Trinajstić information content (AvgIpc) is 2.60. The second-order valence-electron chi connectivity index (χ2n) is 5.16. The summed E-state index contributed by atoms with van der Waals surface area (Å²) >= 11 is 0. The first kappa shape index (κ1) is 19.0. The number of benzene rings is 2. The van der Waals surface area contributed by atoms with Crippen LogP contribution in [0.25, 0.3) is 0 Å². The molecule has 0 saturated heterocycles. The van der Waals surface area contributed by atoms with E-state index < -0.39 is 29.2 Å². The Kier molecular flexibility index (Phi) is 5.66. The largest absolute Gasteiger partial charge is 0.497 e. The maximum atomic E-state index is 12.7. The Morgan fingerprint density at radius 3 is 2.31 bits per heavy atom. The summed E-state index contributed by atoms with van der Waals surface area (Å²) in [5.74, 6) is -1.58. The van der Waals surface area contributed by atoms with Crippen LogP contribution >= 0.6 is 0 Å². The molecule has 0 aliphatic carbocycles. The molecular weight excluding hydrogens is 351 g/mol. The van der Waals surface area contributed by atoms with Crippen molar-refractivity contribution >= 4 is 17.4 Å². The van der Waals surface area contributed by atoms with E-state index in [1.54, 1.807) is 0 Å². The molecule has 0 aliphatic rings. The van der Waals surface area contributed by atoms with Gasteiger partial charge in [0.15, 0.2) is 5.78 Å². The molecule has 0 amide bonds. The number of anilines is 1. The molecule has 2 N–H and O–H groups in total. The second kappa shape index (κ2) is 7.73. The van der Waals surface area contributed by atoms with Gasteiger partial charge in [-0.25, -0.2) is 4.79 Å². The van der Waals surface area contributed by atoms with E-state index in [-0.39, 0.29) is 11.3 Å². The van der Waals surface area contributed by atoms with E-state index in [2.05, 4.69) is 5.32 Å². The molecule has 0 atom stereocenters. The van der Waals surface area contributed by atoms with Crippen LogP contribution in [-0.4, -0.2) is 24.0 Å². The Morgan fingerprint density at radius 2 is 1.77 bits per heavy atom. The maximum absolute atomic E-state index is 12.7. The summed E-state index contributed by atoms with van der Waals surface area (Å²) in [6.45, 7) is 0. The molecule has 0 heterocycles. The molecule has 8 heteroatoms. The van der Waals surface area contributed by atoms with Gasteiger partial charge < -0.3 is 15.2 Å². The zero-order valence-corrected chi connectivity index (χ0v) is 13.5. The molecule has 5 nitrogen and oxygen atoms in total. The van der Waals surface area contributed by atoms with E-state index in [0.717, 1.165) is 24.3 Å². The third-order valence-electron chi connectivity index (χ3n) is 3.35. The number of ketones is 1. The SMILES string of the molecule is COc1ccc(C(=O)C=C(Nc2cccc(C(F)(F)F)c2)C(=O)O)cc1. The van der Waals surface area contributed by atoms with E-state index in [4.69, 9.17) is 4.74 Å². The Balaban J connectivity index is 2.26.